The number of fused-ring (bicyclic) bond motifs is 1. The van der Waals surface area contributed by atoms with E-state index in [1.807, 2.05) is 13.8 Å². The van der Waals surface area contributed by atoms with Crippen LogP contribution >= 0.6 is 0 Å². The molecule has 0 saturated carbocycles. The van der Waals surface area contributed by atoms with Gasteiger partial charge in [-0.15, -0.1) is 0 Å². The van der Waals surface area contributed by atoms with E-state index in [1.54, 1.807) is 24.3 Å². The van der Waals surface area contributed by atoms with Crippen molar-refractivity contribution in [2.45, 2.75) is 45.4 Å². The number of aliphatic hydroxyl groups excluding tert-OH is 1. The molecule has 3 amide bonds. The molecular weight excluding hydrogens is 350 g/mol. The Kier molecular flexibility index (Phi) is 7.18. The molecule has 8 nitrogen and oxygen atoms in total. The average molecular weight is 377 g/mol. The molecule has 4 N–H and O–H groups in total. The van der Waals surface area contributed by atoms with Crippen molar-refractivity contribution in [3.05, 3.63) is 29.8 Å². The third-order valence-electron chi connectivity index (χ3n) is 4.31. The summed E-state index contributed by atoms with van der Waals surface area (Å²) < 4.78 is 5.66. The summed E-state index contributed by atoms with van der Waals surface area (Å²) in [6.45, 7) is 5.72. The Labute approximate surface area is 158 Å². The predicted octanol–water partition coefficient (Wildman–Crippen LogP) is 0.205. The van der Waals surface area contributed by atoms with Crippen molar-refractivity contribution >= 4 is 17.7 Å². The normalized spacial score (nSPS) is 23.2. The van der Waals surface area contributed by atoms with Crippen LogP contribution in [0.5, 0.6) is 5.75 Å². The van der Waals surface area contributed by atoms with E-state index in [0.717, 1.165) is 0 Å². The molecule has 0 aromatic heterocycles. The van der Waals surface area contributed by atoms with Crippen molar-refractivity contribution in [1.29, 1.82) is 0 Å². The third kappa shape index (κ3) is 5.43. The summed E-state index contributed by atoms with van der Waals surface area (Å²) in [5, 5.41) is 18.0. The molecule has 148 valence electrons. The fourth-order valence-corrected chi connectivity index (χ4v) is 2.76. The number of para-hydroxylation sites is 1. The lowest BCUT2D eigenvalue weighted by Crippen LogP contribution is -2.58. The first kappa shape index (κ1) is 20.7. The highest BCUT2D eigenvalue weighted by atomic mass is 16.5. The van der Waals surface area contributed by atoms with Crippen LogP contribution in [0.25, 0.3) is 0 Å². The summed E-state index contributed by atoms with van der Waals surface area (Å²) >= 11 is 0. The molecule has 27 heavy (non-hydrogen) atoms. The molecule has 2 rings (SSSR count). The van der Waals surface area contributed by atoms with Crippen LogP contribution in [-0.4, -0.2) is 54.2 Å². The first-order valence-corrected chi connectivity index (χ1v) is 9.10. The summed E-state index contributed by atoms with van der Waals surface area (Å²) in [4.78, 5) is 37.7. The largest absolute Gasteiger partial charge is 0.493 e. The number of carbonyl (C=O) groups excluding carboxylic acids is 3. The van der Waals surface area contributed by atoms with Gasteiger partial charge in [-0.1, -0.05) is 26.0 Å². The fourth-order valence-electron chi connectivity index (χ4n) is 2.76. The topological polar surface area (TPSA) is 117 Å². The van der Waals surface area contributed by atoms with Crippen molar-refractivity contribution < 1.29 is 24.2 Å². The lowest BCUT2D eigenvalue weighted by molar-refractivity contribution is -0.132. The first-order valence-electron chi connectivity index (χ1n) is 9.10. The standard InChI is InChI=1S/C19H27N3O5/c1-11(2)15-18(25)20-9-6-10-27-14-8-5-4-7-13(14)17(24)22-16(12(3)23)19(26)21-15/h4-5,7-8,11-12,15-16,23H,6,9-10H2,1-3H3,(H,20,25)(H,21,26)(H,22,24)/t12-,15-,16+/m1/s1. The van der Waals surface area contributed by atoms with Crippen molar-refractivity contribution in [3.8, 4) is 5.75 Å². The Balaban J connectivity index is 2.33. The second kappa shape index (κ2) is 9.36. The van der Waals surface area contributed by atoms with E-state index in [0.29, 0.717) is 25.3 Å². The van der Waals surface area contributed by atoms with Crippen LogP contribution in [0.4, 0.5) is 0 Å². The van der Waals surface area contributed by atoms with Crippen LogP contribution < -0.4 is 20.7 Å². The summed E-state index contributed by atoms with van der Waals surface area (Å²) in [5.74, 6) is -1.25. The molecular formula is C19H27N3O5. The van der Waals surface area contributed by atoms with Gasteiger partial charge >= 0.3 is 0 Å². The molecule has 0 unspecified atom stereocenters. The van der Waals surface area contributed by atoms with E-state index in [1.165, 1.54) is 6.92 Å². The molecule has 0 radical (unpaired) electrons. The highest BCUT2D eigenvalue weighted by Gasteiger charge is 2.32. The minimum Gasteiger partial charge on any atom is -0.493 e. The van der Waals surface area contributed by atoms with Gasteiger partial charge in [-0.2, -0.15) is 0 Å². The zero-order chi connectivity index (χ0) is 20.0. The second-order valence-electron chi connectivity index (χ2n) is 6.91. The minimum atomic E-state index is -1.21. The molecule has 0 bridgehead atoms. The molecule has 1 aliphatic heterocycles. The molecule has 0 saturated heterocycles. The molecule has 1 heterocycles. The molecule has 8 heteroatoms. The number of nitrogens with one attached hydrogen (secondary N) is 3. The van der Waals surface area contributed by atoms with E-state index in [9.17, 15) is 19.5 Å². The fraction of sp³-hybridized carbons (Fsp3) is 0.526. The minimum absolute atomic E-state index is 0.163. The second-order valence-corrected chi connectivity index (χ2v) is 6.91. The number of hydrogen-bond donors (Lipinski definition) is 4. The zero-order valence-electron chi connectivity index (χ0n) is 15.8. The van der Waals surface area contributed by atoms with E-state index in [-0.39, 0.29) is 17.4 Å². The molecule has 0 fully saturated rings. The Morgan fingerprint density at radius 3 is 2.41 bits per heavy atom. The summed E-state index contributed by atoms with van der Waals surface area (Å²) in [7, 11) is 0. The van der Waals surface area contributed by atoms with Gasteiger partial charge in [0.25, 0.3) is 5.91 Å². The number of amides is 3. The Morgan fingerprint density at radius 1 is 1.04 bits per heavy atom. The van der Waals surface area contributed by atoms with Gasteiger partial charge in [0, 0.05) is 6.54 Å². The van der Waals surface area contributed by atoms with Crippen molar-refractivity contribution in [2.75, 3.05) is 13.2 Å². The van der Waals surface area contributed by atoms with Gasteiger partial charge in [-0.05, 0) is 31.4 Å². The monoisotopic (exact) mass is 377 g/mol. The van der Waals surface area contributed by atoms with Crippen molar-refractivity contribution in [2.24, 2.45) is 5.92 Å². The summed E-state index contributed by atoms with van der Waals surface area (Å²) in [6, 6.07) is 4.70. The Hall–Kier alpha value is -2.61. The molecule has 0 spiro atoms. The smallest absolute Gasteiger partial charge is 0.255 e. The lowest BCUT2D eigenvalue weighted by atomic mass is 10.0. The van der Waals surface area contributed by atoms with Gasteiger partial charge in [-0.3, -0.25) is 14.4 Å². The maximum absolute atomic E-state index is 12.7. The van der Waals surface area contributed by atoms with Crippen LogP contribution in [0.3, 0.4) is 0 Å². The van der Waals surface area contributed by atoms with Crippen LogP contribution in [0.15, 0.2) is 24.3 Å². The first-order chi connectivity index (χ1) is 12.8. The van der Waals surface area contributed by atoms with Gasteiger partial charge in [-0.25, -0.2) is 0 Å². The number of carbonyl (C=O) groups is 3. The highest BCUT2D eigenvalue weighted by molar-refractivity contribution is 6.00. The van der Waals surface area contributed by atoms with Crippen molar-refractivity contribution in [3.63, 3.8) is 0 Å². The maximum Gasteiger partial charge on any atom is 0.255 e. The number of hydrogen-bond acceptors (Lipinski definition) is 5. The number of benzene rings is 1. The number of aliphatic hydroxyl groups is 1. The Bertz CT molecular complexity index is 690. The molecule has 3 atom stereocenters. The van der Waals surface area contributed by atoms with E-state index in [2.05, 4.69) is 16.0 Å². The SMILES string of the molecule is CC(C)[C@H]1NC(=O)[C@H]([C@@H](C)O)NC(=O)c2ccccc2OCCCNC1=O. The predicted molar refractivity (Wildman–Crippen MR) is 99.3 cm³/mol. The van der Waals surface area contributed by atoms with E-state index in [4.69, 9.17) is 4.74 Å². The van der Waals surface area contributed by atoms with Crippen LogP contribution in [-0.2, 0) is 9.59 Å². The quantitative estimate of drug-likeness (QED) is 0.588. The van der Waals surface area contributed by atoms with Gasteiger partial charge in [0.15, 0.2) is 0 Å². The Morgan fingerprint density at radius 2 is 1.74 bits per heavy atom. The maximum atomic E-state index is 12.7. The van der Waals surface area contributed by atoms with E-state index >= 15 is 0 Å². The third-order valence-corrected chi connectivity index (χ3v) is 4.31. The summed E-state index contributed by atoms with van der Waals surface area (Å²) in [5.41, 5.74) is 0.275. The van der Waals surface area contributed by atoms with Crippen LogP contribution in [0.1, 0.15) is 37.6 Å². The molecule has 0 aliphatic carbocycles. The van der Waals surface area contributed by atoms with Gasteiger partial charge < -0.3 is 25.8 Å². The van der Waals surface area contributed by atoms with Crippen LogP contribution in [0.2, 0.25) is 0 Å². The number of ether oxygens (including phenoxy) is 1. The highest BCUT2D eigenvalue weighted by Crippen LogP contribution is 2.18. The van der Waals surface area contributed by atoms with Gasteiger partial charge in [0.2, 0.25) is 11.8 Å². The van der Waals surface area contributed by atoms with Gasteiger partial charge in [0.05, 0.1) is 18.3 Å². The van der Waals surface area contributed by atoms with E-state index < -0.39 is 30.0 Å². The number of rotatable bonds is 2. The van der Waals surface area contributed by atoms with Crippen molar-refractivity contribution in [1.82, 2.24) is 16.0 Å². The molecule has 1 aromatic carbocycles. The molecule has 1 aliphatic rings. The zero-order valence-corrected chi connectivity index (χ0v) is 15.8. The average Bonchev–Trinajstić information content (AvgIpc) is 2.62. The van der Waals surface area contributed by atoms with Gasteiger partial charge in [0.1, 0.15) is 17.8 Å². The van der Waals surface area contributed by atoms with Crippen LogP contribution in [0, 0.1) is 5.92 Å². The summed E-state index contributed by atoms with van der Waals surface area (Å²) in [6.07, 6.45) is -0.595. The lowest BCUT2D eigenvalue weighted by Gasteiger charge is -2.27. The molecule has 1 aromatic rings.